The van der Waals surface area contributed by atoms with Crippen LogP contribution in [-0.4, -0.2) is 34.9 Å². The van der Waals surface area contributed by atoms with Crippen LogP contribution >= 0.6 is 0 Å². The molecule has 0 saturated carbocycles. The summed E-state index contributed by atoms with van der Waals surface area (Å²) in [6, 6.07) is 2.80. The lowest BCUT2D eigenvalue weighted by Crippen LogP contribution is -2.53. The van der Waals surface area contributed by atoms with Gasteiger partial charge in [0.15, 0.2) is 5.60 Å². The molecule has 1 unspecified atom stereocenters. The molecule has 0 radical (unpaired) electrons. The van der Waals surface area contributed by atoms with Crippen molar-refractivity contribution in [1.29, 1.82) is 0 Å². The molecule has 2 rings (SSSR count). The largest absolute Gasteiger partial charge is 0.417 e. The number of benzene rings is 1. The number of alkyl halides is 3. The number of hydrogen-bond acceptors (Lipinski definition) is 2. The van der Waals surface area contributed by atoms with E-state index in [1.807, 2.05) is 0 Å². The third-order valence-electron chi connectivity index (χ3n) is 4.30. The molecule has 1 fully saturated rings. The number of hydrogen-bond donors (Lipinski definition) is 1. The second kappa shape index (κ2) is 6.12. The Hall–Kier alpha value is -1.21. The molecule has 22 heavy (non-hydrogen) atoms. The Balaban J connectivity index is 2.14. The summed E-state index contributed by atoms with van der Waals surface area (Å²) in [6.07, 6.45) is -5.08. The van der Waals surface area contributed by atoms with Crippen molar-refractivity contribution in [2.75, 3.05) is 13.1 Å². The SMILES string of the molecule is CCC(c1ccc(F)cc1F)N1CCC(O)(C(F)(F)F)CC1. The average molecular weight is 323 g/mol. The molecule has 1 aliphatic rings. The van der Waals surface area contributed by atoms with Gasteiger partial charge in [0, 0.05) is 30.8 Å². The van der Waals surface area contributed by atoms with Gasteiger partial charge in [0.1, 0.15) is 11.6 Å². The summed E-state index contributed by atoms with van der Waals surface area (Å²) in [5, 5.41) is 9.67. The molecular weight excluding hydrogens is 305 g/mol. The summed E-state index contributed by atoms with van der Waals surface area (Å²) in [5.74, 6) is -1.40. The average Bonchev–Trinajstić information content (AvgIpc) is 2.42. The second-order valence-electron chi connectivity index (χ2n) is 5.66. The quantitative estimate of drug-likeness (QED) is 0.855. The Kier molecular flexibility index (Phi) is 4.77. The highest BCUT2D eigenvalue weighted by Crippen LogP contribution is 2.40. The van der Waals surface area contributed by atoms with Crippen molar-refractivity contribution < 1.29 is 27.1 Å². The van der Waals surface area contributed by atoms with E-state index in [0.29, 0.717) is 6.42 Å². The van der Waals surface area contributed by atoms with E-state index in [4.69, 9.17) is 0 Å². The topological polar surface area (TPSA) is 23.5 Å². The van der Waals surface area contributed by atoms with Gasteiger partial charge in [-0.1, -0.05) is 13.0 Å². The van der Waals surface area contributed by atoms with Crippen LogP contribution in [-0.2, 0) is 0 Å². The summed E-state index contributed by atoms with van der Waals surface area (Å²) < 4.78 is 65.3. The number of piperidine rings is 1. The van der Waals surface area contributed by atoms with Gasteiger partial charge < -0.3 is 5.11 Å². The zero-order chi connectivity index (χ0) is 16.5. The lowest BCUT2D eigenvalue weighted by atomic mass is 9.88. The molecule has 0 spiro atoms. The molecule has 1 aromatic rings. The summed E-state index contributed by atoms with van der Waals surface area (Å²) in [4.78, 5) is 1.70. The van der Waals surface area contributed by atoms with Crippen molar-refractivity contribution >= 4 is 0 Å². The monoisotopic (exact) mass is 323 g/mol. The minimum absolute atomic E-state index is 0.00529. The summed E-state index contributed by atoms with van der Waals surface area (Å²) in [7, 11) is 0. The first-order chi connectivity index (χ1) is 10.2. The number of nitrogens with zero attached hydrogens (tertiary/aromatic N) is 1. The summed E-state index contributed by atoms with van der Waals surface area (Å²) in [6.45, 7) is 1.80. The molecule has 0 aliphatic carbocycles. The standard InChI is InChI=1S/C15H18F5NO/c1-2-13(11-4-3-10(16)9-12(11)17)21-7-5-14(22,6-8-21)15(18,19)20/h3-4,9,13,22H,2,5-8H2,1H3. The third kappa shape index (κ3) is 3.25. The fourth-order valence-electron chi connectivity index (χ4n) is 2.94. The van der Waals surface area contributed by atoms with Crippen molar-refractivity contribution in [1.82, 2.24) is 4.90 Å². The highest BCUT2D eigenvalue weighted by molar-refractivity contribution is 5.22. The number of likely N-dealkylation sites (tertiary alicyclic amines) is 1. The molecule has 1 N–H and O–H groups in total. The zero-order valence-electron chi connectivity index (χ0n) is 12.1. The molecule has 7 heteroatoms. The van der Waals surface area contributed by atoms with E-state index in [-0.39, 0.29) is 18.7 Å². The van der Waals surface area contributed by atoms with E-state index in [1.54, 1.807) is 11.8 Å². The van der Waals surface area contributed by atoms with Crippen LogP contribution in [0.4, 0.5) is 22.0 Å². The molecule has 124 valence electrons. The molecule has 1 aliphatic heterocycles. The van der Waals surface area contributed by atoms with Crippen LogP contribution in [0.3, 0.4) is 0 Å². The Morgan fingerprint density at radius 3 is 2.27 bits per heavy atom. The normalized spacial score (nSPS) is 20.9. The van der Waals surface area contributed by atoms with Gasteiger partial charge in [0.25, 0.3) is 0 Å². The van der Waals surface area contributed by atoms with E-state index in [1.165, 1.54) is 6.07 Å². The Labute approximate surface area is 125 Å². The van der Waals surface area contributed by atoms with Gasteiger partial charge in [0.05, 0.1) is 0 Å². The molecule has 0 bridgehead atoms. The Bertz CT molecular complexity index is 523. The Morgan fingerprint density at radius 2 is 1.82 bits per heavy atom. The highest BCUT2D eigenvalue weighted by Gasteiger charge is 2.54. The lowest BCUT2D eigenvalue weighted by Gasteiger charge is -2.42. The molecule has 0 amide bonds. The van der Waals surface area contributed by atoms with Crippen molar-refractivity contribution in [3.8, 4) is 0 Å². The van der Waals surface area contributed by atoms with Crippen molar-refractivity contribution in [2.45, 2.75) is 44.0 Å². The van der Waals surface area contributed by atoms with Crippen LogP contribution in [0.2, 0.25) is 0 Å². The van der Waals surface area contributed by atoms with Gasteiger partial charge in [-0.25, -0.2) is 8.78 Å². The van der Waals surface area contributed by atoms with Crippen LogP contribution in [0.1, 0.15) is 37.8 Å². The van der Waals surface area contributed by atoms with E-state index < -0.39 is 42.3 Å². The predicted octanol–water partition coefficient (Wildman–Crippen LogP) is 3.81. The lowest BCUT2D eigenvalue weighted by molar-refractivity contribution is -0.273. The smallest absolute Gasteiger partial charge is 0.380 e. The molecule has 2 nitrogen and oxygen atoms in total. The van der Waals surface area contributed by atoms with Gasteiger partial charge in [0.2, 0.25) is 0 Å². The zero-order valence-corrected chi connectivity index (χ0v) is 12.1. The Morgan fingerprint density at radius 1 is 1.23 bits per heavy atom. The van der Waals surface area contributed by atoms with Gasteiger partial charge in [-0.3, -0.25) is 4.90 Å². The first-order valence-electron chi connectivity index (χ1n) is 7.16. The van der Waals surface area contributed by atoms with Crippen LogP contribution in [0.15, 0.2) is 18.2 Å². The van der Waals surface area contributed by atoms with Gasteiger partial charge >= 0.3 is 6.18 Å². The van der Waals surface area contributed by atoms with Crippen molar-refractivity contribution in [3.05, 3.63) is 35.4 Å². The van der Waals surface area contributed by atoms with Crippen molar-refractivity contribution in [3.63, 3.8) is 0 Å². The second-order valence-corrected chi connectivity index (χ2v) is 5.66. The summed E-state index contributed by atoms with van der Waals surface area (Å²) in [5.41, 5.74) is -2.41. The van der Waals surface area contributed by atoms with Gasteiger partial charge in [-0.2, -0.15) is 13.2 Å². The van der Waals surface area contributed by atoms with Crippen molar-refractivity contribution in [2.24, 2.45) is 0 Å². The maximum atomic E-state index is 13.9. The molecule has 1 saturated heterocycles. The molecule has 0 aromatic heterocycles. The number of aliphatic hydroxyl groups is 1. The van der Waals surface area contributed by atoms with Gasteiger partial charge in [-0.05, 0) is 25.3 Å². The maximum absolute atomic E-state index is 13.9. The minimum Gasteiger partial charge on any atom is -0.380 e. The van der Waals surface area contributed by atoms with Crippen LogP contribution in [0.25, 0.3) is 0 Å². The van der Waals surface area contributed by atoms with Crippen LogP contribution in [0.5, 0.6) is 0 Å². The maximum Gasteiger partial charge on any atom is 0.417 e. The fraction of sp³-hybridized carbons (Fsp3) is 0.600. The van der Waals surface area contributed by atoms with E-state index in [0.717, 1.165) is 12.1 Å². The van der Waals surface area contributed by atoms with Crippen LogP contribution in [0, 0.1) is 11.6 Å². The minimum atomic E-state index is -4.66. The van der Waals surface area contributed by atoms with E-state index >= 15 is 0 Å². The van der Waals surface area contributed by atoms with Gasteiger partial charge in [-0.15, -0.1) is 0 Å². The van der Waals surface area contributed by atoms with Crippen LogP contribution < -0.4 is 0 Å². The first kappa shape index (κ1) is 17.1. The molecule has 1 aromatic carbocycles. The molecular formula is C15H18F5NO. The molecule has 1 atom stereocenters. The first-order valence-corrected chi connectivity index (χ1v) is 7.16. The number of rotatable bonds is 3. The molecule has 1 heterocycles. The highest BCUT2D eigenvalue weighted by atomic mass is 19.4. The fourth-order valence-corrected chi connectivity index (χ4v) is 2.94. The summed E-state index contributed by atoms with van der Waals surface area (Å²) >= 11 is 0. The predicted molar refractivity (Wildman–Crippen MR) is 71.2 cm³/mol. The van der Waals surface area contributed by atoms with E-state index in [9.17, 15) is 27.1 Å². The third-order valence-corrected chi connectivity index (χ3v) is 4.30. The number of halogens is 5. The van der Waals surface area contributed by atoms with E-state index in [2.05, 4.69) is 0 Å².